The third-order valence-electron chi connectivity index (χ3n) is 2.05. The zero-order chi connectivity index (χ0) is 10.0. The average Bonchev–Trinajstić information content (AvgIpc) is 2.12. The Bertz CT molecular complexity index is 167. The first-order valence-electron chi connectivity index (χ1n) is 3.82. The van der Waals surface area contributed by atoms with E-state index < -0.39 is 37.3 Å². The Morgan fingerprint density at radius 1 is 1.15 bits per heavy atom. The van der Waals surface area contributed by atoms with Gasteiger partial charge in [-0.15, -0.1) is 0 Å². The van der Waals surface area contributed by atoms with E-state index in [4.69, 9.17) is 20.2 Å². The molecule has 1 aliphatic heterocycles. The quantitative estimate of drug-likeness (QED) is 0.256. The van der Waals surface area contributed by atoms with Crippen molar-refractivity contribution in [2.24, 2.45) is 0 Å². The molecule has 7 nitrogen and oxygen atoms in total. The highest BCUT2D eigenvalue weighted by atomic mass is 16.6. The van der Waals surface area contributed by atoms with Crippen LogP contribution in [0.25, 0.3) is 0 Å². The molecule has 5 unspecified atom stereocenters. The van der Waals surface area contributed by atoms with Gasteiger partial charge in [0.1, 0.15) is 24.4 Å². The summed E-state index contributed by atoms with van der Waals surface area (Å²) in [6, 6.07) is -1.18. The molecule has 1 heterocycles. The van der Waals surface area contributed by atoms with Crippen molar-refractivity contribution in [3.8, 4) is 0 Å². The zero-order valence-corrected chi connectivity index (χ0v) is 6.74. The summed E-state index contributed by atoms with van der Waals surface area (Å²) in [4.78, 5) is 0. The Labute approximate surface area is 74.1 Å². The molecular weight excluding hydrogens is 182 g/mol. The standard InChI is InChI=1S/C6H13NO6/c8-1-2-4(9)5(10)3(7-12)6(11)13-2/h2-12H,1H2. The second-order valence-electron chi connectivity index (χ2n) is 2.88. The molecule has 5 atom stereocenters. The molecule has 1 saturated heterocycles. The molecule has 0 saturated carbocycles. The van der Waals surface area contributed by atoms with Crippen LogP contribution in [0.4, 0.5) is 0 Å². The van der Waals surface area contributed by atoms with Crippen LogP contribution < -0.4 is 5.48 Å². The van der Waals surface area contributed by atoms with E-state index in [1.165, 1.54) is 0 Å². The summed E-state index contributed by atoms with van der Waals surface area (Å²) < 4.78 is 4.69. The van der Waals surface area contributed by atoms with Crippen LogP contribution in [-0.4, -0.2) is 62.9 Å². The van der Waals surface area contributed by atoms with E-state index in [2.05, 4.69) is 0 Å². The molecule has 0 aromatic carbocycles. The first kappa shape index (κ1) is 10.8. The Morgan fingerprint density at radius 3 is 2.23 bits per heavy atom. The van der Waals surface area contributed by atoms with Gasteiger partial charge in [-0.3, -0.25) is 0 Å². The molecule has 7 heteroatoms. The Kier molecular flexibility index (Phi) is 3.56. The van der Waals surface area contributed by atoms with Gasteiger partial charge in [-0.1, -0.05) is 0 Å². The van der Waals surface area contributed by atoms with Crippen molar-refractivity contribution < 1.29 is 30.4 Å². The molecule has 0 amide bonds. The van der Waals surface area contributed by atoms with Crippen LogP contribution in [0, 0.1) is 0 Å². The van der Waals surface area contributed by atoms with Crippen molar-refractivity contribution in [1.82, 2.24) is 5.48 Å². The minimum Gasteiger partial charge on any atom is -0.394 e. The van der Waals surface area contributed by atoms with Crippen molar-refractivity contribution in [2.45, 2.75) is 30.6 Å². The molecular formula is C6H13NO6. The van der Waals surface area contributed by atoms with Gasteiger partial charge in [0.05, 0.1) is 6.61 Å². The summed E-state index contributed by atoms with van der Waals surface area (Å²) in [7, 11) is 0. The number of nitrogens with one attached hydrogen (secondary N) is 1. The molecule has 6 N–H and O–H groups in total. The topological polar surface area (TPSA) is 122 Å². The predicted molar refractivity (Wildman–Crippen MR) is 38.7 cm³/mol. The fraction of sp³-hybridized carbons (Fsp3) is 1.00. The summed E-state index contributed by atoms with van der Waals surface area (Å²) >= 11 is 0. The minimum atomic E-state index is -1.47. The molecule has 0 aromatic heterocycles. The summed E-state index contributed by atoms with van der Waals surface area (Å²) in [6.45, 7) is -0.520. The highest BCUT2D eigenvalue weighted by Gasteiger charge is 2.43. The Balaban J connectivity index is 2.66. The summed E-state index contributed by atoms with van der Waals surface area (Å²) in [5.41, 5.74) is 1.61. The summed E-state index contributed by atoms with van der Waals surface area (Å²) in [5.74, 6) is 0. The zero-order valence-electron chi connectivity index (χ0n) is 6.74. The number of rotatable bonds is 2. The number of hydrogen-bond acceptors (Lipinski definition) is 7. The third kappa shape index (κ3) is 1.97. The number of aliphatic hydroxyl groups is 4. The Hall–Kier alpha value is -0.280. The number of hydrogen-bond donors (Lipinski definition) is 6. The molecule has 1 rings (SSSR count). The van der Waals surface area contributed by atoms with Gasteiger partial charge in [0.15, 0.2) is 6.29 Å². The van der Waals surface area contributed by atoms with Gasteiger partial charge in [0.25, 0.3) is 0 Å². The van der Waals surface area contributed by atoms with Gasteiger partial charge >= 0.3 is 0 Å². The largest absolute Gasteiger partial charge is 0.394 e. The predicted octanol–water partition coefficient (Wildman–Crippen LogP) is -3.23. The van der Waals surface area contributed by atoms with Gasteiger partial charge in [-0.25, -0.2) is 0 Å². The molecule has 0 spiro atoms. The summed E-state index contributed by atoms with van der Waals surface area (Å²) in [6.07, 6.45) is -5.26. The fourth-order valence-electron chi connectivity index (χ4n) is 1.24. The lowest BCUT2D eigenvalue weighted by Gasteiger charge is -2.39. The molecule has 78 valence electrons. The van der Waals surface area contributed by atoms with E-state index in [-0.39, 0.29) is 0 Å². The molecule has 0 bridgehead atoms. The maximum Gasteiger partial charge on any atom is 0.175 e. The fourth-order valence-corrected chi connectivity index (χ4v) is 1.24. The van der Waals surface area contributed by atoms with Crippen molar-refractivity contribution in [3.05, 3.63) is 0 Å². The lowest BCUT2D eigenvalue weighted by molar-refractivity contribution is -0.265. The van der Waals surface area contributed by atoms with E-state index in [1.807, 2.05) is 0 Å². The van der Waals surface area contributed by atoms with E-state index in [0.717, 1.165) is 0 Å². The highest BCUT2D eigenvalue weighted by molar-refractivity contribution is 4.90. The molecule has 0 aliphatic carbocycles. The number of aliphatic hydroxyl groups excluding tert-OH is 4. The highest BCUT2D eigenvalue weighted by Crippen LogP contribution is 2.18. The molecule has 13 heavy (non-hydrogen) atoms. The van der Waals surface area contributed by atoms with Crippen LogP contribution >= 0.6 is 0 Å². The van der Waals surface area contributed by atoms with Crippen molar-refractivity contribution in [2.75, 3.05) is 6.61 Å². The lowest BCUT2D eigenvalue weighted by atomic mass is 9.98. The maximum absolute atomic E-state index is 9.29. The molecule has 1 aliphatic rings. The van der Waals surface area contributed by atoms with Crippen LogP contribution in [0.5, 0.6) is 0 Å². The van der Waals surface area contributed by atoms with Crippen LogP contribution in [0.1, 0.15) is 0 Å². The van der Waals surface area contributed by atoms with Crippen LogP contribution in [-0.2, 0) is 4.74 Å². The van der Waals surface area contributed by atoms with Gasteiger partial charge in [0, 0.05) is 0 Å². The SMILES string of the molecule is OCC1OC(O)C(NO)C(O)C1O. The van der Waals surface area contributed by atoms with E-state index in [0.29, 0.717) is 0 Å². The van der Waals surface area contributed by atoms with Gasteiger partial charge in [-0.2, -0.15) is 5.48 Å². The molecule has 0 radical (unpaired) electrons. The van der Waals surface area contributed by atoms with E-state index in [1.54, 1.807) is 5.48 Å². The second-order valence-corrected chi connectivity index (χ2v) is 2.88. The van der Waals surface area contributed by atoms with Gasteiger partial charge < -0.3 is 30.4 Å². The Morgan fingerprint density at radius 2 is 1.77 bits per heavy atom. The second kappa shape index (κ2) is 4.29. The van der Waals surface area contributed by atoms with Crippen molar-refractivity contribution >= 4 is 0 Å². The van der Waals surface area contributed by atoms with Gasteiger partial charge in [-0.05, 0) is 0 Å². The van der Waals surface area contributed by atoms with E-state index in [9.17, 15) is 10.2 Å². The third-order valence-corrected chi connectivity index (χ3v) is 2.05. The first-order chi connectivity index (χ1) is 6.11. The van der Waals surface area contributed by atoms with Crippen LogP contribution in [0.15, 0.2) is 0 Å². The van der Waals surface area contributed by atoms with Crippen LogP contribution in [0.3, 0.4) is 0 Å². The maximum atomic E-state index is 9.29. The first-order valence-corrected chi connectivity index (χ1v) is 3.82. The molecule has 0 aromatic rings. The smallest absolute Gasteiger partial charge is 0.175 e. The number of hydroxylamine groups is 1. The molecule has 1 fully saturated rings. The number of ether oxygens (including phenoxy) is 1. The van der Waals surface area contributed by atoms with Crippen molar-refractivity contribution in [3.63, 3.8) is 0 Å². The normalized spacial score (nSPS) is 46.4. The van der Waals surface area contributed by atoms with Gasteiger partial charge in [0.2, 0.25) is 0 Å². The lowest BCUT2D eigenvalue weighted by Crippen LogP contribution is -2.62. The monoisotopic (exact) mass is 195 g/mol. The minimum absolute atomic E-state index is 0.520. The van der Waals surface area contributed by atoms with E-state index >= 15 is 0 Å². The summed E-state index contributed by atoms with van der Waals surface area (Å²) in [5, 5.41) is 44.8. The van der Waals surface area contributed by atoms with Crippen LogP contribution in [0.2, 0.25) is 0 Å². The van der Waals surface area contributed by atoms with Crippen molar-refractivity contribution in [1.29, 1.82) is 0 Å². The average molecular weight is 195 g/mol.